The molecule has 0 bridgehead atoms. The van der Waals surface area contributed by atoms with Crippen molar-refractivity contribution in [3.63, 3.8) is 0 Å². The molecule has 0 fully saturated rings. The molecule has 0 saturated heterocycles. The first-order valence-electron chi connectivity index (χ1n) is 6.80. The Morgan fingerprint density at radius 3 is 2.45 bits per heavy atom. The summed E-state index contributed by atoms with van der Waals surface area (Å²) >= 11 is 0. The van der Waals surface area contributed by atoms with Gasteiger partial charge in [-0.1, -0.05) is 17.3 Å². The van der Waals surface area contributed by atoms with Gasteiger partial charge in [0.15, 0.2) is 0 Å². The van der Waals surface area contributed by atoms with Gasteiger partial charge >= 0.3 is 0 Å². The van der Waals surface area contributed by atoms with Crippen molar-refractivity contribution in [1.82, 2.24) is 15.0 Å². The minimum Gasteiger partial charge on any atom is -0.325 e. The molecule has 1 heterocycles. The molecule has 0 unspecified atom stereocenters. The minimum atomic E-state index is -0.317. The van der Waals surface area contributed by atoms with Crippen molar-refractivity contribution in [2.24, 2.45) is 5.73 Å². The first-order chi connectivity index (χ1) is 10.7. The monoisotopic (exact) mass is 300 g/mol. The summed E-state index contributed by atoms with van der Waals surface area (Å²) < 4.78 is 28.0. The van der Waals surface area contributed by atoms with Gasteiger partial charge in [-0.25, -0.2) is 13.5 Å². The average molecular weight is 300 g/mol. The van der Waals surface area contributed by atoms with E-state index >= 15 is 0 Å². The zero-order chi connectivity index (χ0) is 15.5. The summed E-state index contributed by atoms with van der Waals surface area (Å²) in [6.45, 7) is 0.577. The Balaban J connectivity index is 2.02. The largest absolute Gasteiger partial charge is 0.325 e. The van der Waals surface area contributed by atoms with Crippen LogP contribution in [0, 0.1) is 11.6 Å². The van der Waals surface area contributed by atoms with E-state index in [1.807, 2.05) is 0 Å². The summed E-state index contributed by atoms with van der Waals surface area (Å²) in [7, 11) is 0. The lowest BCUT2D eigenvalue weighted by atomic mass is 10.1. The zero-order valence-corrected chi connectivity index (χ0v) is 11.7. The second-order valence-electron chi connectivity index (χ2n) is 4.88. The Bertz CT molecular complexity index is 781. The lowest BCUT2D eigenvalue weighted by Crippen LogP contribution is -2.06. The van der Waals surface area contributed by atoms with E-state index in [1.54, 1.807) is 28.9 Å². The molecule has 3 rings (SSSR count). The fourth-order valence-electron chi connectivity index (χ4n) is 2.33. The van der Waals surface area contributed by atoms with Crippen LogP contribution in [-0.4, -0.2) is 15.0 Å². The van der Waals surface area contributed by atoms with Crippen LogP contribution < -0.4 is 5.73 Å². The van der Waals surface area contributed by atoms with Crippen molar-refractivity contribution in [1.29, 1.82) is 0 Å². The second kappa shape index (κ2) is 6.03. The maximum atomic E-state index is 13.3. The van der Waals surface area contributed by atoms with Gasteiger partial charge in [0.05, 0.1) is 12.2 Å². The number of hydrogen-bond acceptors (Lipinski definition) is 3. The van der Waals surface area contributed by atoms with Crippen molar-refractivity contribution < 1.29 is 8.78 Å². The quantitative estimate of drug-likeness (QED) is 0.806. The summed E-state index contributed by atoms with van der Waals surface area (Å²) in [4.78, 5) is 0. The first kappa shape index (κ1) is 14.3. The van der Waals surface area contributed by atoms with Gasteiger partial charge < -0.3 is 5.73 Å². The Morgan fingerprint density at radius 1 is 1.00 bits per heavy atom. The van der Waals surface area contributed by atoms with Crippen LogP contribution in [0.1, 0.15) is 11.3 Å². The molecule has 0 aliphatic heterocycles. The highest BCUT2D eigenvalue weighted by molar-refractivity contribution is 5.62. The van der Waals surface area contributed by atoms with Crippen LogP contribution in [0.5, 0.6) is 0 Å². The molecule has 4 nitrogen and oxygen atoms in total. The van der Waals surface area contributed by atoms with Crippen molar-refractivity contribution in [2.75, 3.05) is 0 Å². The highest BCUT2D eigenvalue weighted by Gasteiger charge is 2.14. The molecule has 0 saturated carbocycles. The third-order valence-corrected chi connectivity index (χ3v) is 3.34. The zero-order valence-electron chi connectivity index (χ0n) is 11.7. The lowest BCUT2D eigenvalue weighted by molar-refractivity contribution is 0.615. The standard InChI is InChI=1S/C16H14F2N4/c17-13-6-4-12(5-7-13)16-15(9-19)20-21-22(16)10-11-2-1-3-14(18)8-11/h1-8H,9-10,19H2. The molecule has 112 valence electrons. The molecule has 0 spiro atoms. The SMILES string of the molecule is NCc1nnn(Cc2cccc(F)c2)c1-c1ccc(F)cc1. The van der Waals surface area contributed by atoms with E-state index in [2.05, 4.69) is 10.3 Å². The van der Waals surface area contributed by atoms with E-state index < -0.39 is 0 Å². The molecular weight excluding hydrogens is 286 g/mol. The summed E-state index contributed by atoms with van der Waals surface area (Å²) in [6.07, 6.45) is 0. The normalized spacial score (nSPS) is 10.9. The number of hydrogen-bond donors (Lipinski definition) is 1. The number of benzene rings is 2. The second-order valence-corrected chi connectivity index (χ2v) is 4.88. The third kappa shape index (κ3) is 2.87. The molecule has 3 aromatic rings. The number of halogens is 2. The maximum Gasteiger partial charge on any atom is 0.123 e. The fraction of sp³-hybridized carbons (Fsp3) is 0.125. The summed E-state index contributed by atoms with van der Waals surface area (Å²) in [5, 5.41) is 8.13. The van der Waals surface area contributed by atoms with E-state index in [4.69, 9.17) is 5.73 Å². The smallest absolute Gasteiger partial charge is 0.123 e. The molecule has 0 radical (unpaired) electrons. The molecule has 0 aliphatic rings. The lowest BCUT2D eigenvalue weighted by Gasteiger charge is -2.08. The molecule has 0 amide bonds. The van der Waals surface area contributed by atoms with Gasteiger partial charge in [0.1, 0.15) is 17.3 Å². The van der Waals surface area contributed by atoms with Crippen LogP contribution in [0.3, 0.4) is 0 Å². The number of rotatable bonds is 4. The summed E-state index contributed by atoms with van der Waals surface area (Å²) in [6, 6.07) is 12.3. The van der Waals surface area contributed by atoms with Gasteiger partial charge in [0.2, 0.25) is 0 Å². The highest BCUT2D eigenvalue weighted by atomic mass is 19.1. The van der Waals surface area contributed by atoms with Gasteiger partial charge in [-0.3, -0.25) is 0 Å². The fourth-order valence-corrected chi connectivity index (χ4v) is 2.33. The molecule has 1 aromatic heterocycles. The Morgan fingerprint density at radius 2 is 1.77 bits per heavy atom. The third-order valence-electron chi connectivity index (χ3n) is 3.34. The molecule has 0 aliphatic carbocycles. The number of nitrogens with zero attached hydrogens (tertiary/aromatic N) is 3. The van der Waals surface area contributed by atoms with Gasteiger partial charge in [-0.05, 0) is 42.0 Å². The maximum absolute atomic E-state index is 13.3. The molecule has 0 atom stereocenters. The Hall–Kier alpha value is -2.60. The van der Waals surface area contributed by atoms with Crippen LogP contribution in [-0.2, 0) is 13.1 Å². The topological polar surface area (TPSA) is 56.7 Å². The van der Waals surface area contributed by atoms with Crippen molar-refractivity contribution >= 4 is 0 Å². The Labute approximate surface area is 126 Å². The molecular formula is C16H14F2N4. The van der Waals surface area contributed by atoms with Crippen molar-refractivity contribution in [3.8, 4) is 11.3 Å². The van der Waals surface area contributed by atoms with Crippen LogP contribution in [0.15, 0.2) is 48.5 Å². The summed E-state index contributed by atoms with van der Waals surface area (Å²) in [5.74, 6) is -0.623. The molecule has 2 N–H and O–H groups in total. The molecule has 6 heteroatoms. The number of aromatic nitrogens is 3. The molecule has 2 aromatic carbocycles. The number of nitrogens with two attached hydrogens (primary N) is 1. The van der Waals surface area contributed by atoms with Gasteiger partial charge in [-0.15, -0.1) is 5.10 Å². The van der Waals surface area contributed by atoms with Crippen LogP contribution >= 0.6 is 0 Å². The van der Waals surface area contributed by atoms with E-state index in [0.29, 0.717) is 17.9 Å². The van der Waals surface area contributed by atoms with Crippen LogP contribution in [0.2, 0.25) is 0 Å². The van der Waals surface area contributed by atoms with E-state index in [1.165, 1.54) is 24.3 Å². The van der Waals surface area contributed by atoms with Crippen LogP contribution in [0.4, 0.5) is 8.78 Å². The predicted octanol–water partition coefficient (Wildman–Crippen LogP) is 2.73. The van der Waals surface area contributed by atoms with Gasteiger partial charge in [-0.2, -0.15) is 0 Å². The first-order valence-corrected chi connectivity index (χ1v) is 6.80. The van der Waals surface area contributed by atoms with E-state index in [-0.39, 0.29) is 18.2 Å². The average Bonchev–Trinajstić information content (AvgIpc) is 2.91. The van der Waals surface area contributed by atoms with E-state index in [9.17, 15) is 8.78 Å². The van der Waals surface area contributed by atoms with Crippen LogP contribution in [0.25, 0.3) is 11.3 Å². The highest BCUT2D eigenvalue weighted by Crippen LogP contribution is 2.23. The van der Waals surface area contributed by atoms with Gasteiger partial charge in [0.25, 0.3) is 0 Å². The Kier molecular flexibility index (Phi) is 3.93. The van der Waals surface area contributed by atoms with Gasteiger partial charge in [0, 0.05) is 12.1 Å². The van der Waals surface area contributed by atoms with E-state index in [0.717, 1.165) is 11.1 Å². The van der Waals surface area contributed by atoms with Crippen molar-refractivity contribution in [3.05, 3.63) is 71.4 Å². The predicted molar refractivity (Wildman–Crippen MR) is 78.8 cm³/mol. The van der Waals surface area contributed by atoms with Crippen molar-refractivity contribution in [2.45, 2.75) is 13.1 Å². The minimum absolute atomic E-state index is 0.218. The summed E-state index contributed by atoms with van der Waals surface area (Å²) in [5.41, 5.74) is 8.56. The molecule has 22 heavy (non-hydrogen) atoms.